The smallest absolute Gasteiger partial charge is 0.373 e. The third kappa shape index (κ3) is 3.70. The van der Waals surface area contributed by atoms with Crippen molar-refractivity contribution in [2.75, 3.05) is 7.11 Å². The SMILES string of the molecule is COC(=O)c1ccc(Cn2cc(-c3nc(-c4ccccc4F)no3)ccc2=O)o1. The van der Waals surface area contributed by atoms with Crippen molar-refractivity contribution in [2.24, 2.45) is 0 Å². The molecule has 0 spiro atoms. The summed E-state index contributed by atoms with van der Waals surface area (Å²) in [7, 11) is 1.25. The lowest BCUT2D eigenvalue weighted by Gasteiger charge is -2.04. The second-order valence-electron chi connectivity index (χ2n) is 6.04. The van der Waals surface area contributed by atoms with Crippen LogP contribution in [-0.2, 0) is 11.3 Å². The van der Waals surface area contributed by atoms with Crippen LogP contribution in [0.5, 0.6) is 0 Å². The third-order valence-corrected chi connectivity index (χ3v) is 4.15. The molecular formula is C20H14FN3O5. The van der Waals surface area contributed by atoms with Crippen molar-refractivity contribution in [2.45, 2.75) is 6.54 Å². The predicted octanol–water partition coefficient (Wildman–Crippen LogP) is 3.13. The number of nitrogens with zero attached hydrogens (tertiary/aromatic N) is 3. The molecule has 9 heteroatoms. The number of hydrogen-bond donors (Lipinski definition) is 0. The Labute approximate surface area is 163 Å². The largest absolute Gasteiger partial charge is 0.463 e. The van der Waals surface area contributed by atoms with Crippen LogP contribution in [-0.4, -0.2) is 27.8 Å². The molecule has 0 N–H and O–H groups in total. The van der Waals surface area contributed by atoms with Gasteiger partial charge in [0.15, 0.2) is 0 Å². The molecule has 4 aromatic rings. The zero-order valence-corrected chi connectivity index (χ0v) is 15.2. The van der Waals surface area contributed by atoms with Crippen molar-refractivity contribution in [1.29, 1.82) is 0 Å². The molecule has 0 aliphatic heterocycles. The first-order valence-corrected chi connectivity index (χ1v) is 8.51. The van der Waals surface area contributed by atoms with Gasteiger partial charge in [0.2, 0.25) is 11.6 Å². The summed E-state index contributed by atoms with van der Waals surface area (Å²) in [5, 5.41) is 3.81. The van der Waals surface area contributed by atoms with Crippen molar-refractivity contribution in [3.63, 3.8) is 0 Å². The topological polar surface area (TPSA) is 100 Å². The first-order valence-electron chi connectivity index (χ1n) is 8.51. The Balaban J connectivity index is 1.62. The number of methoxy groups -OCH3 is 1. The molecule has 0 aliphatic rings. The Morgan fingerprint density at radius 2 is 2.00 bits per heavy atom. The van der Waals surface area contributed by atoms with E-state index in [0.717, 1.165) is 0 Å². The number of rotatable bonds is 5. The fourth-order valence-electron chi connectivity index (χ4n) is 2.72. The number of carbonyl (C=O) groups excluding carboxylic acids is 1. The van der Waals surface area contributed by atoms with E-state index in [2.05, 4.69) is 14.9 Å². The molecule has 1 aromatic carbocycles. The van der Waals surface area contributed by atoms with Gasteiger partial charge < -0.3 is 18.2 Å². The molecule has 3 aromatic heterocycles. The molecule has 0 atom stereocenters. The zero-order chi connectivity index (χ0) is 20.4. The summed E-state index contributed by atoms with van der Waals surface area (Å²) >= 11 is 0. The Bertz CT molecular complexity index is 1240. The van der Waals surface area contributed by atoms with Crippen LogP contribution >= 0.6 is 0 Å². The predicted molar refractivity (Wildman–Crippen MR) is 98.5 cm³/mol. The van der Waals surface area contributed by atoms with Crippen LogP contribution in [0, 0.1) is 5.82 Å². The van der Waals surface area contributed by atoms with Crippen molar-refractivity contribution in [1.82, 2.24) is 14.7 Å². The maximum Gasteiger partial charge on any atom is 0.373 e. The van der Waals surface area contributed by atoms with E-state index in [4.69, 9.17) is 8.94 Å². The summed E-state index contributed by atoms with van der Waals surface area (Å²) in [4.78, 5) is 27.9. The van der Waals surface area contributed by atoms with Crippen LogP contribution < -0.4 is 5.56 Å². The number of pyridine rings is 1. The molecular weight excluding hydrogens is 381 g/mol. The molecule has 146 valence electrons. The molecule has 3 heterocycles. The zero-order valence-electron chi connectivity index (χ0n) is 15.2. The molecule has 0 unspecified atom stereocenters. The Kier molecular flexibility index (Phi) is 4.78. The lowest BCUT2D eigenvalue weighted by Crippen LogP contribution is -2.18. The first-order chi connectivity index (χ1) is 14.0. The van der Waals surface area contributed by atoms with Crippen LogP contribution in [0.4, 0.5) is 4.39 Å². The van der Waals surface area contributed by atoms with Gasteiger partial charge in [0.05, 0.1) is 24.8 Å². The number of furan rings is 1. The maximum absolute atomic E-state index is 13.9. The van der Waals surface area contributed by atoms with Gasteiger partial charge in [-0.25, -0.2) is 9.18 Å². The minimum Gasteiger partial charge on any atom is -0.463 e. The lowest BCUT2D eigenvalue weighted by molar-refractivity contribution is 0.0563. The number of halogens is 1. The van der Waals surface area contributed by atoms with E-state index >= 15 is 0 Å². The third-order valence-electron chi connectivity index (χ3n) is 4.15. The normalized spacial score (nSPS) is 10.8. The number of esters is 1. The van der Waals surface area contributed by atoms with E-state index in [-0.39, 0.29) is 35.1 Å². The van der Waals surface area contributed by atoms with E-state index in [0.29, 0.717) is 11.3 Å². The van der Waals surface area contributed by atoms with Gasteiger partial charge in [-0.15, -0.1) is 0 Å². The number of carbonyl (C=O) groups is 1. The van der Waals surface area contributed by atoms with Crippen LogP contribution in [0.1, 0.15) is 16.3 Å². The van der Waals surface area contributed by atoms with Gasteiger partial charge in [-0.05, 0) is 30.3 Å². The molecule has 8 nitrogen and oxygen atoms in total. The van der Waals surface area contributed by atoms with Gasteiger partial charge >= 0.3 is 5.97 Å². The minimum atomic E-state index is -0.608. The Morgan fingerprint density at radius 3 is 2.79 bits per heavy atom. The van der Waals surface area contributed by atoms with Crippen LogP contribution in [0.25, 0.3) is 22.8 Å². The molecule has 29 heavy (non-hydrogen) atoms. The van der Waals surface area contributed by atoms with E-state index < -0.39 is 11.8 Å². The monoisotopic (exact) mass is 395 g/mol. The maximum atomic E-state index is 13.9. The molecule has 0 amide bonds. The van der Waals surface area contributed by atoms with E-state index in [1.54, 1.807) is 24.3 Å². The van der Waals surface area contributed by atoms with E-state index in [1.165, 1.54) is 42.1 Å². The molecule has 0 saturated heterocycles. The van der Waals surface area contributed by atoms with E-state index in [9.17, 15) is 14.0 Å². The molecule has 0 radical (unpaired) electrons. The highest BCUT2D eigenvalue weighted by atomic mass is 19.1. The van der Waals surface area contributed by atoms with Crippen LogP contribution in [0.3, 0.4) is 0 Å². The van der Waals surface area contributed by atoms with Gasteiger partial charge in [0, 0.05) is 12.3 Å². The summed E-state index contributed by atoms with van der Waals surface area (Å²) in [6.45, 7) is 0.0813. The van der Waals surface area contributed by atoms with Crippen LogP contribution in [0.2, 0.25) is 0 Å². The fourth-order valence-corrected chi connectivity index (χ4v) is 2.72. The van der Waals surface area contributed by atoms with E-state index in [1.807, 2.05) is 0 Å². The van der Waals surface area contributed by atoms with Gasteiger partial charge in [-0.3, -0.25) is 4.79 Å². The number of benzene rings is 1. The molecule has 0 aliphatic carbocycles. The standard InChI is InChI=1S/C20H14FN3O5/c1-27-20(26)16-8-7-13(28-16)11-24-10-12(6-9-17(24)25)19-22-18(23-29-19)14-4-2-3-5-15(14)21/h2-10H,11H2,1H3. The van der Waals surface area contributed by atoms with Gasteiger partial charge in [-0.2, -0.15) is 4.98 Å². The number of ether oxygens (including phenoxy) is 1. The highest BCUT2D eigenvalue weighted by Gasteiger charge is 2.15. The average molecular weight is 395 g/mol. The first kappa shape index (κ1) is 18.4. The minimum absolute atomic E-state index is 0.0399. The molecule has 0 bridgehead atoms. The van der Waals surface area contributed by atoms with Crippen LogP contribution in [0.15, 0.2) is 68.5 Å². The van der Waals surface area contributed by atoms with Gasteiger partial charge in [-0.1, -0.05) is 17.3 Å². The highest BCUT2D eigenvalue weighted by molar-refractivity contribution is 5.86. The van der Waals surface area contributed by atoms with Crippen molar-refractivity contribution in [3.8, 4) is 22.8 Å². The Morgan fingerprint density at radius 1 is 1.17 bits per heavy atom. The van der Waals surface area contributed by atoms with Gasteiger partial charge in [0.25, 0.3) is 11.4 Å². The van der Waals surface area contributed by atoms with Crippen molar-refractivity contribution >= 4 is 5.97 Å². The van der Waals surface area contributed by atoms with Crippen molar-refractivity contribution < 1.29 is 22.9 Å². The summed E-state index contributed by atoms with van der Waals surface area (Å²) < 4.78 is 30.5. The summed E-state index contributed by atoms with van der Waals surface area (Å²) in [6, 6.07) is 12.0. The highest BCUT2D eigenvalue weighted by Crippen LogP contribution is 2.23. The number of hydrogen-bond acceptors (Lipinski definition) is 7. The quantitative estimate of drug-likeness (QED) is 0.479. The molecule has 0 saturated carbocycles. The molecule has 0 fully saturated rings. The number of aromatic nitrogens is 3. The average Bonchev–Trinajstić information content (AvgIpc) is 3.39. The lowest BCUT2D eigenvalue weighted by atomic mass is 10.2. The van der Waals surface area contributed by atoms with Crippen molar-refractivity contribution in [3.05, 3.63) is 82.4 Å². The second kappa shape index (κ2) is 7.55. The second-order valence-corrected chi connectivity index (χ2v) is 6.04. The molecule has 4 rings (SSSR count). The summed E-state index contributed by atoms with van der Waals surface area (Å²) in [5.74, 6) is -0.412. The Hall–Kier alpha value is -4.01. The summed E-state index contributed by atoms with van der Waals surface area (Å²) in [6.07, 6.45) is 1.52. The fraction of sp³-hybridized carbons (Fsp3) is 0.100. The summed E-state index contributed by atoms with van der Waals surface area (Å²) in [5.41, 5.74) is 0.389. The van der Waals surface area contributed by atoms with Gasteiger partial charge in [0.1, 0.15) is 11.6 Å².